The smallest absolute Gasteiger partial charge is 0.410 e. The lowest BCUT2D eigenvalue weighted by Crippen LogP contribution is -2.50. The number of amides is 1. The van der Waals surface area contributed by atoms with E-state index in [2.05, 4.69) is 30.5 Å². The Balaban J connectivity index is 1.63. The highest BCUT2D eigenvalue weighted by molar-refractivity contribution is 5.88. The topological polar surface area (TPSA) is 146 Å². The third-order valence-corrected chi connectivity index (χ3v) is 5.51. The molecule has 1 amide bonds. The number of aromatic carboxylic acids is 1. The molecule has 34 heavy (non-hydrogen) atoms. The van der Waals surface area contributed by atoms with Gasteiger partial charge in [-0.15, -0.1) is 0 Å². The Morgan fingerprint density at radius 3 is 2.62 bits per heavy atom. The summed E-state index contributed by atoms with van der Waals surface area (Å²) < 4.78 is 5.52. The number of likely N-dealkylation sites (tertiary alicyclic amines) is 1. The van der Waals surface area contributed by atoms with Crippen LogP contribution in [0.5, 0.6) is 0 Å². The number of carboxylic acids is 1. The lowest BCUT2D eigenvalue weighted by Gasteiger charge is -2.41. The molecule has 0 unspecified atom stereocenters. The van der Waals surface area contributed by atoms with Gasteiger partial charge in [-0.05, 0) is 57.9 Å². The minimum atomic E-state index is -1.01. The second kappa shape index (κ2) is 9.08. The number of nitrogens with one attached hydrogen (secondary N) is 2. The first-order valence-electron chi connectivity index (χ1n) is 10.9. The number of hydrogen-bond donors (Lipinski definition) is 3. The van der Waals surface area contributed by atoms with Crippen molar-refractivity contribution in [3.63, 3.8) is 0 Å². The lowest BCUT2D eigenvalue weighted by molar-refractivity contribution is 0.0172. The van der Waals surface area contributed by atoms with Gasteiger partial charge in [-0.1, -0.05) is 6.07 Å². The average Bonchev–Trinajstić information content (AvgIpc) is 3.30. The minimum absolute atomic E-state index is 0.172. The fourth-order valence-electron chi connectivity index (χ4n) is 3.84. The summed E-state index contributed by atoms with van der Waals surface area (Å²) in [7, 11) is 0. The second-order valence-corrected chi connectivity index (χ2v) is 9.16. The number of carbonyl (C=O) groups excluding carboxylic acids is 1. The summed E-state index contributed by atoms with van der Waals surface area (Å²) in [5.74, 6) is -0.0127. The van der Waals surface area contributed by atoms with Crippen molar-refractivity contribution in [1.29, 1.82) is 0 Å². The van der Waals surface area contributed by atoms with Gasteiger partial charge in [0.25, 0.3) is 0 Å². The van der Waals surface area contributed by atoms with Crippen LogP contribution in [0.1, 0.15) is 49.8 Å². The van der Waals surface area contributed by atoms with Gasteiger partial charge in [0.2, 0.25) is 0 Å². The molecule has 1 fully saturated rings. The first-order chi connectivity index (χ1) is 16.2. The van der Waals surface area contributed by atoms with Gasteiger partial charge in [0.1, 0.15) is 23.2 Å². The number of carboxylic acid groups (broad SMARTS) is 1. The van der Waals surface area contributed by atoms with E-state index in [1.807, 2.05) is 20.8 Å². The number of aromatic amines is 1. The fraction of sp³-hybridized carbons (Fsp3) is 0.391. The highest BCUT2D eigenvalue weighted by atomic mass is 16.6. The van der Waals surface area contributed by atoms with Crippen LogP contribution in [0.3, 0.4) is 0 Å². The van der Waals surface area contributed by atoms with Crippen LogP contribution in [0.4, 0.5) is 10.5 Å². The van der Waals surface area contributed by atoms with Crippen LogP contribution in [0.15, 0.2) is 42.9 Å². The molecule has 0 spiro atoms. The molecule has 0 bridgehead atoms. The third-order valence-electron chi connectivity index (χ3n) is 5.51. The molecule has 3 aromatic rings. The van der Waals surface area contributed by atoms with Crippen molar-refractivity contribution in [3.8, 4) is 11.5 Å². The van der Waals surface area contributed by atoms with E-state index >= 15 is 0 Å². The number of hydrogen-bond acceptors (Lipinski definition) is 8. The van der Waals surface area contributed by atoms with Crippen molar-refractivity contribution in [1.82, 2.24) is 30.0 Å². The largest absolute Gasteiger partial charge is 0.478 e. The van der Waals surface area contributed by atoms with Crippen LogP contribution in [0.2, 0.25) is 0 Å². The second-order valence-electron chi connectivity index (χ2n) is 9.16. The van der Waals surface area contributed by atoms with Crippen molar-refractivity contribution in [2.24, 2.45) is 0 Å². The zero-order valence-corrected chi connectivity index (χ0v) is 19.3. The van der Waals surface area contributed by atoms with E-state index < -0.39 is 17.1 Å². The number of nitrogens with zero attached hydrogens (tertiary/aromatic N) is 5. The Hall–Kier alpha value is -4.02. The number of rotatable bonds is 5. The van der Waals surface area contributed by atoms with Gasteiger partial charge in [-0.2, -0.15) is 5.10 Å². The normalized spacial score (nSPS) is 15.6. The first-order valence-corrected chi connectivity index (χ1v) is 10.9. The average molecular weight is 466 g/mol. The molecule has 178 valence electrons. The van der Waals surface area contributed by atoms with Gasteiger partial charge in [-0.3, -0.25) is 5.10 Å². The Morgan fingerprint density at radius 2 is 1.97 bits per heavy atom. The molecule has 0 saturated carbocycles. The molecule has 1 aliphatic heterocycles. The molecule has 0 radical (unpaired) electrons. The van der Waals surface area contributed by atoms with Gasteiger partial charge in [-0.25, -0.2) is 24.5 Å². The van der Waals surface area contributed by atoms with E-state index in [9.17, 15) is 14.7 Å². The van der Waals surface area contributed by atoms with E-state index in [0.29, 0.717) is 49.0 Å². The molecule has 0 aliphatic carbocycles. The third kappa shape index (κ3) is 5.13. The van der Waals surface area contributed by atoms with Crippen molar-refractivity contribution < 1.29 is 19.4 Å². The van der Waals surface area contributed by atoms with Crippen LogP contribution < -0.4 is 5.32 Å². The van der Waals surface area contributed by atoms with Gasteiger partial charge < -0.3 is 20.1 Å². The number of benzene rings is 1. The standard InChI is InChI=1S/C23H27N7O4/c1-22(2,3)34-21(33)30-11-8-23(9-12-30,27-16-6-4-5-15(13-16)19(31)32)20-26-18(28-29-20)17-7-10-24-14-25-17/h4-7,10,13-14,27H,8-9,11-12H2,1-3H3,(H,31,32)(H,26,28,29). The van der Waals surface area contributed by atoms with Gasteiger partial charge in [0.15, 0.2) is 11.6 Å². The van der Waals surface area contributed by atoms with E-state index in [4.69, 9.17) is 4.74 Å². The molecular weight excluding hydrogens is 438 g/mol. The van der Waals surface area contributed by atoms with Crippen LogP contribution in [-0.2, 0) is 10.3 Å². The van der Waals surface area contributed by atoms with Crippen molar-refractivity contribution >= 4 is 17.7 Å². The monoisotopic (exact) mass is 465 g/mol. The Bertz CT molecular complexity index is 1170. The summed E-state index contributed by atoms with van der Waals surface area (Å²) in [5, 5.41) is 20.2. The quantitative estimate of drug-likeness (QED) is 0.516. The number of aromatic nitrogens is 5. The summed E-state index contributed by atoms with van der Waals surface area (Å²) in [6.07, 6.45) is 3.68. The maximum Gasteiger partial charge on any atom is 0.410 e. The van der Waals surface area contributed by atoms with E-state index in [-0.39, 0.29) is 11.7 Å². The van der Waals surface area contributed by atoms with Gasteiger partial charge in [0.05, 0.1) is 5.56 Å². The summed E-state index contributed by atoms with van der Waals surface area (Å²) >= 11 is 0. The van der Waals surface area contributed by atoms with Crippen LogP contribution in [0.25, 0.3) is 11.5 Å². The van der Waals surface area contributed by atoms with E-state index in [0.717, 1.165) is 0 Å². The SMILES string of the molecule is CC(C)(C)OC(=O)N1CCC(Nc2cccc(C(=O)O)c2)(c2nc(-c3ccncn3)n[nH]2)CC1. The number of piperidine rings is 1. The van der Waals surface area contributed by atoms with Crippen LogP contribution in [-0.4, -0.2) is 65.9 Å². The van der Waals surface area contributed by atoms with E-state index in [1.54, 1.807) is 35.4 Å². The summed E-state index contributed by atoms with van der Waals surface area (Å²) in [6, 6.07) is 8.31. The predicted molar refractivity (Wildman–Crippen MR) is 123 cm³/mol. The number of carbonyl (C=O) groups is 2. The maximum absolute atomic E-state index is 12.6. The van der Waals surface area contributed by atoms with E-state index in [1.165, 1.54) is 12.4 Å². The molecule has 4 rings (SSSR count). The van der Waals surface area contributed by atoms with Crippen LogP contribution in [0, 0.1) is 0 Å². The molecule has 1 saturated heterocycles. The van der Waals surface area contributed by atoms with Gasteiger partial charge in [0, 0.05) is 25.0 Å². The molecule has 0 atom stereocenters. The van der Waals surface area contributed by atoms with Crippen molar-refractivity contribution in [2.45, 2.75) is 44.8 Å². The Morgan fingerprint density at radius 1 is 1.21 bits per heavy atom. The Kier molecular flexibility index (Phi) is 6.18. The summed E-state index contributed by atoms with van der Waals surface area (Å²) in [4.78, 5) is 38.5. The molecule has 1 aromatic carbocycles. The molecular formula is C23H27N7O4. The highest BCUT2D eigenvalue weighted by Gasteiger charge is 2.41. The zero-order valence-electron chi connectivity index (χ0n) is 19.3. The summed E-state index contributed by atoms with van der Waals surface area (Å²) in [5.41, 5.74) is 0.0785. The molecule has 1 aliphatic rings. The maximum atomic E-state index is 12.6. The summed E-state index contributed by atoms with van der Waals surface area (Å²) in [6.45, 7) is 6.34. The fourth-order valence-corrected chi connectivity index (χ4v) is 3.84. The zero-order chi connectivity index (χ0) is 24.3. The molecule has 11 nitrogen and oxygen atoms in total. The molecule has 3 heterocycles. The molecule has 11 heteroatoms. The molecule has 3 N–H and O–H groups in total. The van der Waals surface area contributed by atoms with Gasteiger partial charge >= 0.3 is 12.1 Å². The minimum Gasteiger partial charge on any atom is -0.478 e. The highest BCUT2D eigenvalue weighted by Crippen LogP contribution is 2.36. The first kappa shape index (κ1) is 23.1. The van der Waals surface area contributed by atoms with Crippen LogP contribution >= 0.6 is 0 Å². The number of ether oxygens (including phenoxy) is 1. The van der Waals surface area contributed by atoms with Crippen molar-refractivity contribution in [2.75, 3.05) is 18.4 Å². The van der Waals surface area contributed by atoms with Crippen molar-refractivity contribution in [3.05, 3.63) is 54.2 Å². The Labute approximate surface area is 196 Å². The number of H-pyrrole nitrogens is 1. The molecule has 2 aromatic heterocycles. The lowest BCUT2D eigenvalue weighted by atomic mass is 9.86. The number of anilines is 1. The predicted octanol–water partition coefficient (Wildman–Crippen LogP) is 3.30.